The molecule has 0 heterocycles. The van der Waals surface area contributed by atoms with E-state index in [1.54, 1.807) is 12.1 Å². The number of fused-ring (bicyclic) bond motifs is 5. The van der Waals surface area contributed by atoms with Gasteiger partial charge in [0.1, 0.15) is 11.9 Å². The van der Waals surface area contributed by atoms with Crippen molar-refractivity contribution in [3.63, 3.8) is 0 Å². The Morgan fingerprint density at radius 3 is 2.11 bits per heavy atom. The van der Waals surface area contributed by atoms with Crippen LogP contribution in [-0.2, 0) is 6.42 Å². The van der Waals surface area contributed by atoms with Crippen LogP contribution in [0.25, 0.3) is 0 Å². The van der Waals surface area contributed by atoms with E-state index in [1.807, 2.05) is 24.9 Å². The van der Waals surface area contributed by atoms with E-state index in [0.717, 1.165) is 56.2 Å². The standard InChI is InChI=1S/C34H47F10NO2/c1-30-20-26(35)29-24-12-11-23(46)19-22(24)18-21(28(29)25(30)13-14-27(30)47)10-6-5-9-17-45(2)16-8-4-3-7-15-31(36,37)32(38,39)33(40,41)34(42,43)44/h11-12,19,21,25-29,46-47H,3-10,13-18,20H2,1-2H3/t21?,25?,26?,27-,28?,29?,30?/m0/s1. The Balaban J connectivity index is 1.19. The monoisotopic (exact) mass is 691 g/mol. The Bertz CT molecular complexity index is 1190. The van der Waals surface area contributed by atoms with Crippen LogP contribution in [0.2, 0.25) is 0 Å². The maximum Gasteiger partial charge on any atom is 0.460 e. The van der Waals surface area contributed by atoms with Gasteiger partial charge in [0.25, 0.3) is 0 Å². The molecule has 47 heavy (non-hydrogen) atoms. The van der Waals surface area contributed by atoms with Crippen LogP contribution >= 0.6 is 0 Å². The van der Waals surface area contributed by atoms with Crippen molar-refractivity contribution in [2.24, 2.45) is 23.2 Å². The summed E-state index contributed by atoms with van der Waals surface area (Å²) in [5.41, 5.74) is 1.54. The number of benzene rings is 1. The predicted molar refractivity (Wildman–Crippen MR) is 158 cm³/mol. The van der Waals surface area contributed by atoms with E-state index < -0.39 is 54.5 Å². The van der Waals surface area contributed by atoms with E-state index in [4.69, 9.17) is 0 Å². The molecule has 1 aromatic carbocycles. The Kier molecular flexibility index (Phi) is 11.5. The highest BCUT2D eigenvalue weighted by atomic mass is 19.4. The molecule has 0 radical (unpaired) electrons. The van der Waals surface area contributed by atoms with Crippen molar-refractivity contribution in [1.29, 1.82) is 0 Å². The fourth-order valence-electron chi connectivity index (χ4n) is 8.76. The summed E-state index contributed by atoms with van der Waals surface area (Å²) < 4.78 is 133. The predicted octanol–water partition coefficient (Wildman–Crippen LogP) is 9.69. The van der Waals surface area contributed by atoms with Gasteiger partial charge < -0.3 is 15.1 Å². The molecular formula is C34H47F10NO2. The number of aliphatic hydroxyl groups is 1. The summed E-state index contributed by atoms with van der Waals surface area (Å²) in [6.45, 7) is 3.35. The second kappa shape index (κ2) is 14.2. The molecule has 0 spiro atoms. The molecule has 13 heteroatoms. The molecule has 7 atom stereocenters. The smallest absolute Gasteiger partial charge is 0.460 e. The summed E-state index contributed by atoms with van der Waals surface area (Å²) in [7, 11) is 1.87. The Labute approximate surface area is 270 Å². The Morgan fingerprint density at radius 1 is 0.851 bits per heavy atom. The molecule has 2 fully saturated rings. The molecule has 0 aromatic heterocycles. The number of nitrogens with zero attached hydrogens (tertiary/aromatic N) is 1. The second-order valence-corrected chi connectivity index (χ2v) is 14.5. The van der Waals surface area contributed by atoms with E-state index in [2.05, 4.69) is 0 Å². The molecule has 3 aliphatic carbocycles. The summed E-state index contributed by atoms with van der Waals surface area (Å²) in [5, 5.41) is 20.9. The van der Waals surface area contributed by atoms with Crippen LogP contribution in [0.15, 0.2) is 18.2 Å². The first-order valence-corrected chi connectivity index (χ1v) is 16.8. The molecule has 0 aliphatic heterocycles. The highest BCUT2D eigenvalue weighted by Gasteiger charge is 2.81. The topological polar surface area (TPSA) is 43.7 Å². The van der Waals surface area contributed by atoms with E-state index in [9.17, 15) is 49.7 Å². The largest absolute Gasteiger partial charge is 0.508 e. The van der Waals surface area contributed by atoms with E-state index >= 15 is 4.39 Å². The van der Waals surface area contributed by atoms with Gasteiger partial charge in [-0.25, -0.2) is 4.39 Å². The number of unbranched alkanes of at least 4 members (excludes halogenated alkanes) is 5. The normalized spacial score (nSPS) is 29.9. The second-order valence-electron chi connectivity index (χ2n) is 14.5. The Hall–Kier alpha value is -1.76. The maximum absolute atomic E-state index is 15.9. The molecule has 3 nitrogen and oxygen atoms in total. The van der Waals surface area contributed by atoms with Crippen molar-refractivity contribution < 1.29 is 54.1 Å². The van der Waals surface area contributed by atoms with Crippen LogP contribution in [0.1, 0.15) is 101 Å². The summed E-state index contributed by atoms with van der Waals surface area (Å²) in [5.74, 6) is -18.4. The number of aliphatic hydroxyl groups excluding tert-OH is 1. The molecule has 270 valence electrons. The number of halogens is 10. The summed E-state index contributed by atoms with van der Waals surface area (Å²) in [4.78, 5) is 2.03. The van der Waals surface area contributed by atoms with Gasteiger partial charge in [0, 0.05) is 12.3 Å². The minimum Gasteiger partial charge on any atom is -0.508 e. The van der Waals surface area contributed by atoms with Crippen LogP contribution < -0.4 is 0 Å². The average molecular weight is 692 g/mol. The average Bonchev–Trinajstić information content (AvgIpc) is 3.26. The minimum atomic E-state index is -6.84. The fourth-order valence-corrected chi connectivity index (χ4v) is 8.76. The van der Waals surface area contributed by atoms with E-state index in [-0.39, 0.29) is 35.8 Å². The zero-order valence-corrected chi connectivity index (χ0v) is 26.9. The Morgan fingerprint density at radius 2 is 1.47 bits per heavy atom. The summed E-state index contributed by atoms with van der Waals surface area (Å²) in [6, 6.07) is 5.25. The third kappa shape index (κ3) is 7.55. The molecule has 2 saturated carbocycles. The third-order valence-electron chi connectivity index (χ3n) is 11.4. The van der Waals surface area contributed by atoms with Crippen LogP contribution in [0.4, 0.5) is 43.9 Å². The van der Waals surface area contributed by atoms with Gasteiger partial charge in [-0.3, -0.25) is 0 Å². The summed E-state index contributed by atoms with van der Waals surface area (Å²) in [6.07, 6.45) is -3.67. The van der Waals surface area contributed by atoms with E-state index in [0.29, 0.717) is 32.2 Å². The first kappa shape index (κ1) is 38.0. The van der Waals surface area contributed by atoms with Crippen LogP contribution in [0.3, 0.4) is 0 Å². The van der Waals surface area contributed by atoms with Crippen molar-refractivity contribution in [1.82, 2.24) is 4.90 Å². The highest BCUT2D eigenvalue weighted by molar-refractivity contribution is 5.41. The van der Waals surface area contributed by atoms with Crippen molar-refractivity contribution in [3.8, 4) is 5.75 Å². The van der Waals surface area contributed by atoms with Crippen molar-refractivity contribution >= 4 is 0 Å². The molecule has 2 N–H and O–H groups in total. The molecule has 1 aromatic rings. The number of phenolic OH excluding ortho intramolecular Hbond substituents is 1. The zero-order chi connectivity index (χ0) is 35.0. The van der Waals surface area contributed by atoms with Gasteiger partial charge in [0.05, 0.1) is 6.10 Å². The lowest BCUT2D eigenvalue weighted by Crippen LogP contribution is -2.60. The van der Waals surface area contributed by atoms with Crippen molar-refractivity contribution in [2.45, 2.75) is 133 Å². The highest BCUT2D eigenvalue weighted by Crippen LogP contribution is 2.63. The van der Waals surface area contributed by atoms with Gasteiger partial charge in [-0.05, 0) is 118 Å². The lowest BCUT2D eigenvalue weighted by Gasteiger charge is -2.54. The quantitative estimate of drug-likeness (QED) is 0.142. The summed E-state index contributed by atoms with van der Waals surface area (Å²) >= 11 is 0. The van der Waals surface area contributed by atoms with Gasteiger partial charge in [-0.1, -0.05) is 38.7 Å². The molecule has 4 rings (SSSR count). The first-order chi connectivity index (χ1) is 21.7. The number of hydrogen-bond donors (Lipinski definition) is 2. The van der Waals surface area contributed by atoms with E-state index in [1.165, 1.54) is 0 Å². The molecule has 0 bridgehead atoms. The number of aromatic hydroxyl groups is 1. The van der Waals surface area contributed by atoms with Crippen LogP contribution in [-0.4, -0.2) is 71.5 Å². The van der Waals surface area contributed by atoms with Crippen molar-refractivity contribution in [3.05, 3.63) is 29.3 Å². The SMILES string of the molecule is CN(CCCCCCC(F)(F)C(F)(F)C(F)(F)C(F)(F)F)CCCCCC1Cc2cc(O)ccc2C2C(F)CC3(C)C(CC[C@@H]3O)C12. The van der Waals surface area contributed by atoms with Gasteiger partial charge >= 0.3 is 23.9 Å². The lowest BCUT2D eigenvalue weighted by molar-refractivity contribution is -0.396. The van der Waals surface area contributed by atoms with Gasteiger partial charge in [-0.2, -0.15) is 39.5 Å². The maximum atomic E-state index is 15.9. The van der Waals surface area contributed by atoms with Crippen LogP contribution in [0, 0.1) is 23.2 Å². The minimum absolute atomic E-state index is 0.0155. The zero-order valence-electron chi connectivity index (χ0n) is 26.9. The lowest BCUT2D eigenvalue weighted by atomic mass is 9.51. The number of alkyl halides is 10. The third-order valence-corrected chi connectivity index (χ3v) is 11.4. The molecular weight excluding hydrogens is 644 g/mol. The number of rotatable bonds is 15. The molecule has 0 saturated heterocycles. The first-order valence-electron chi connectivity index (χ1n) is 16.8. The van der Waals surface area contributed by atoms with Gasteiger partial charge in [0.2, 0.25) is 0 Å². The van der Waals surface area contributed by atoms with Gasteiger partial charge in [-0.15, -0.1) is 0 Å². The molecule has 3 aliphatic rings. The van der Waals surface area contributed by atoms with Gasteiger partial charge in [0.15, 0.2) is 0 Å². The fraction of sp³-hybridized carbons (Fsp3) is 0.824. The number of hydrogen-bond acceptors (Lipinski definition) is 3. The van der Waals surface area contributed by atoms with Crippen LogP contribution in [0.5, 0.6) is 5.75 Å². The number of phenols is 1. The molecule has 6 unspecified atom stereocenters. The molecule has 0 amide bonds. The van der Waals surface area contributed by atoms with Crippen molar-refractivity contribution in [2.75, 3.05) is 20.1 Å².